The Balaban J connectivity index is 3.94. The third kappa shape index (κ3) is 5.55. The SMILES string of the molecule is CCC(NC(=O)NCC(O)C(=O)O)C(C)C. The molecule has 0 bridgehead atoms. The molecule has 0 aromatic rings. The fourth-order valence-corrected chi connectivity index (χ4v) is 1.24. The topological polar surface area (TPSA) is 98.7 Å². The molecule has 2 amide bonds. The minimum Gasteiger partial charge on any atom is -0.479 e. The van der Waals surface area contributed by atoms with Crippen molar-refractivity contribution in [3.8, 4) is 0 Å². The lowest BCUT2D eigenvalue weighted by Crippen LogP contribution is -2.47. The van der Waals surface area contributed by atoms with E-state index >= 15 is 0 Å². The largest absolute Gasteiger partial charge is 0.479 e. The summed E-state index contributed by atoms with van der Waals surface area (Å²) in [6.07, 6.45) is -0.767. The van der Waals surface area contributed by atoms with E-state index in [0.29, 0.717) is 5.92 Å². The number of urea groups is 1. The van der Waals surface area contributed by atoms with Gasteiger partial charge in [-0.15, -0.1) is 0 Å². The number of hydrogen-bond donors (Lipinski definition) is 4. The number of aliphatic hydroxyl groups excluding tert-OH is 1. The summed E-state index contributed by atoms with van der Waals surface area (Å²) in [5, 5.41) is 22.3. The predicted molar refractivity (Wildman–Crippen MR) is 59.1 cm³/mol. The lowest BCUT2D eigenvalue weighted by atomic mass is 10.0. The lowest BCUT2D eigenvalue weighted by Gasteiger charge is -2.21. The van der Waals surface area contributed by atoms with Crippen LogP contribution < -0.4 is 10.6 Å². The molecule has 0 aliphatic rings. The highest BCUT2D eigenvalue weighted by Gasteiger charge is 2.17. The van der Waals surface area contributed by atoms with E-state index < -0.39 is 18.1 Å². The van der Waals surface area contributed by atoms with Crippen LogP contribution in [0.25, 0.3) is 0 Å². The van der Waals surface area contributed by atoms with Crippen LogP contribution in [0.4, 0.5) is 4.79 Å². The molecule has 0 aromatic carbocycles. The monoisotopic (exact) mass is 232 g/mol. The van der Waals surface area contributed by atoms with Gasteiger partial charge in [0.15, 0.2) is 6.10 Å². The molecule has 94 valence electrons. The summed E-state index contributed by atoms with van der Waals surface area (Å²) in [5.74, 6) is -1.05. The molecule has 0 saturated carbocycles. The van der Waals surface area contributed by atoms with Gasteiger partial charge < -0.3 is 20.8 Å². The highest BCUT2D eigenvalue weighted by atomic mass is 16.4. The molecule has 6 nitrogen and oxygen atoms in total. The molecule has 0 fully saturated rings. The van der Waals surface area contributed by atoms with Gasteiger partial charge in [0.1, 0.15) is 0 Å². The van der Waals surface area contributed by atoms with Crippen LogP contribution in [0.5, 0.6) is 0 Å². The average molecular weight is 232 g/mol. The Morgan fingerprint density at radius 2 is 1.88 bits per heavy atom. The normalized spacial score (nSPS) is 14.3. The van der Waals surface area contributed by atoms with Crippen molar-refractivity contribution in [2.24, 2.45) is 5.92 Å². The molecular formula is C10H20N2O4. The van der Waals surface area contributed by atoms with Crippen molar-refractivity contribution in [2.75, 3.05) is 6.54 Å². The van der Waals surface area contributed by atoms with Crippen molar-refractivity contribution in [2.45, 2.75) is 39.3 Å². The van der Waals surface area contributed by atoms with E-state index in [1.54, 1.807) is 0 Å². The second-order valence-corrected chi connectivity index (χ2v) is 3.97. The first-order valence-corrected chi connectivity index (χ1v) is 5.33. The lowest BCUT2D eigenvalue weighted by molar-refractivity contribution is -0.146. The van der Waals surface area contributed by atoms with Crippen LogP contribution in [-0.2, 0) is 4.79 Å². The number of aliphatic hydroxyl groups is 1. The van der Waals surface area contributed by atoms with Gasteiger partial charge in [0, 0.05) is 6.04 Å². The summed E-state index contributed by atoms with van der Waals surface area (Å²) in [5.41, 5.74) is 0. The van der Waals surface area contributed by atoms with Gasteiger partial charge in [-0.1, -0.05) is 20.8 Å². The van der Waals surface area contributed by atoms with Crippen molar-refractivity contribution in [1.82, 2.24) is 10.6 Å². The second kappa shape index (κ2) is 7.05. The summed E-state index contributed by atoms with van der Waals surface area (Å²) < 4.78 is 0. The number of carbonyl (C=O) groups excluding carboxylic acids is 1. The van der Waals surface area contributed by atoms with Crippen molar-refractivity contribution in [3.63, 3.8) is 0 Å². The summed E-state index contributed by atoms with van der Waals surface area (Å²) >= 11 is 0. The van der Waals surface area contributed by atoms with Crippen molar-refractivity contribution >= 4 is 12.0 Å². The Morgan fingerprint density at radius 3 is 2.25 bits per heavy atom. The number of carbonyl (C=O) groups is 2. The minimum absolute atomic E-state index is 0.0435. The van der Waals surface area contributed by atoms with Crippen LogP contribution in [0.2, 0.25) is 0 Å². The van der Waals surface area contributed by atoms with Gasteiger partial charge in [-0.05, 0) is 12.3 Å². The van der Waals surface area contributed by atoms with Crippen LogP contribution >= 0.6 is 0 Å². The van der Waals surface area contributed by atoms with E-state index in [9.17, 15) is 9.59 Å². The third-order valence-corrected chi connectivity index (χ3v) is 2.30. The molecule has 0 saturated heterocycles. The molecule has 0 heterocycles. The molecule has 2 unspecified atom stereocenters. The molecule has 0 radical (unpaired) electrons. The van der Waals surface area contributed by atoms with Crippen LogP contribution in [0, 0.1) is 5.92 Å². The fourth-order valence-electron chi connectivity index (χ4n) is 1.24. The van der Waals surface area contributed by atoms with Gasteiger partial charge >= 0.3 is 12.0 Å². The van der Waals surface area contributed by atoms with Crippen molar-refractivity contribution in [3.05, 3.63) is 0 Å². The molecule has 4 N–H and O–H groups in total. The minimum atomic E-state index is -1.56. The first-order chi connectivity index (χ1) is 7.38. The number of hydrogen-bond acceptors (Lipinski definition) is 3. The van der Waals surface area contributed by atoms with Gasteiger partial charge in [0.2, 0.25) is 0 Å². The standard InChI is InChI=1S/C10H20N2O4/c1-4-7(6(2)3)12-10(16)11-5-8(13)9(14)15/h6-8,13H,4-5H2,1-3H3,(H,14,15)(H2,11,12,16). The van der Waals surface area contributed by atoms with Gasteiger partial charge in [-0.3, -0.25) is 0 Å². The highest BCUT2D eigenvalue weighted by Crippen LogP contribution is 2.04. The number of rotatable bonds is 6. The van der Waals surface area contributed by atoms with E-state index in [1.165, 1.54) is 0 Å². The van der Waals surface area contributed by atoms with E-state index in [4.69, 9.17) is 10.2 Å². The molecular weight excluding hydrogens is 212 g/mol. The molecule has 0 aromatic heterocycles. The smallest absolute Gasteiger partial charge is 0.334 e. The third-order valence-electron chi connectivity index (χ3n) is 2.30. The van der Waals surface area contributed by atoms with Crippen LogP contribution in [-0.4, -0.2) is 40.9 Å². The number of amides is 2. The highest BCUT2D eigenvalue weighted by molar-refractivity contribution is 5.76. The number of carboxylic acids is 1. The molecule has 2 atom stereocenters. The molecule has 6 heteroatoms. The van der Waals surface area contributed by atoms with Crippen LogP contribution in [0.15, 0.2) is 0 Å². The van der Waals surface area contributed by atoms with Crippen LogP contribution in [0.3, 0.4) is 0 Å². The van der Waals surface area contributed by atoms with Crippen LogP contribution in [0.1, 0.15) is 27.2 Å². The number of nitrogens with one attached hydrogen (secondary N) is 2. The maximum Gasteiger partial charge on any atom is 0.334 e. The zero-order valence-corrected chi connectivity index (χ0v) is 9.86. The molecule has 0 rings (SSSR count). The Hall–Kier alpha value is -1.30. The second-order valence-electron chi connectivity index (χ2n) is 3.97. The van der Waals surface area contributed by atoms with E-state index in [0.717, 1.165) is 6.42 Å². The summed E-state index contributed by atoms with van der Waals surface area (Å²) in [7, 11) is 0. The summed E-state index contributed by atoms with van der Waals surface area (Å²) in [6, 6.07) is -0.414. The number of carboxylic acid groups (broad SMARTS) is 1. The molecule has 0 aliphatic heterocycles. The predicted octanol–water partition coefficient (Wildman–Crippen LogP) is 0.166. The Morgan fingerprint density at radius 1 is 1.31 bits per heavy atom. The summed E-state index contributed by atoms with van der Waals surface area (Å²) in [4.78, 5) is 21.6. The Kier molecular flexibility index (Phi) is 6.48. The van der Waals surface area contributed by atoms with Gasteiger partial charge in [0.05, 0.1) is 6.54 Å². The quantitative estimate of drug-likeness (QED) is 0.524. The fraction of sp³-hybridized carbons (Fsp3) is 0.800. The first kappa shape index (κ1) is 14.7. The first-order valence-electron chi connectivity index (χ1n) is 5.33. The molecule has 16 heavy (non-hydrogen) atoms. The zero-order valence-electron chi connectivity index (χ0n) is 9.86. The van der Waals surface area contributed by atoms with E-state index in [-0.39, 0.29) is 12.6 Å². The molecule has 0 spiro atoms. The van der Waals surface area contributed by atoms with Crippen molar-refractivity contribution < 1.29 is 19.8 Å². The van der Waals surface area contributed by atoms with Gasteiger partial charge in [-0.25, -0.2) is 9.59 Å². The maximum atomic E-state index is 11.3. The Labute approximate surface area is 95.0 Å². The van der Waals surface area contributed by atoms with Gasteiger partial charge in [0.25, 0.3) is 0 Å². The Bertz CT molecular complexity index is 243. The van der Waals surface area contributed by atoms with Gasteiger partial charge in [-0.2, -0.15) is 0 Å². The average Bonchev–Trinajstić information content (AvgIpc) is 2.21. The van der Waals surface area contributed by atoms with Crippen molar-refractivity contribution in [1.29, 1.82) is 0 Å². The number of aliphatic carboxylic acids is 1. The zero-order chi connectivity index (χ0) is 12.7. The summed E-state index contributed by atoms with van der Waals surface area (Å²) in [6.45, 7) is 5.63. The van der Waals surface area contributed by atoms with E-state index in [2.05, 4.69) is 10.6 Å². The van der Waals surface area contributed by atoms with E-state index in [1.807, 2.05) is 20.8 Å². The molecule has 0 aliphatic carbocycles. The maximum absolute atomic E-state index is 11.3.